The largest absolute Gasteiger partial charge is 0.416 e. The lowest BCUT2D eigenvalue weighted by Gasteiger charge is -2.72. The van der Waals surface area contributed by atoms with Gasteiger partial charge in [0, 0.05) is 23.0 Å². The first kappa shape index (κ1) is 17.9. The van der Waals surface area contributed by atoms with Crippen molar-refractivity contribution in [3.63, 3.8) is 0 Å². The molecule has 0 aromatic heterocycles. The lowest BCUT2D eigenvalue weighted by molar-refractivity contribution is -0.109. The highest BCUT2D eigenvalue weighted by atomic mass is 32.4. The summed E-state index contributed by atoms with van der Waals surface area (Å²) in [6.45, 7) is 4.87. The summed E-state index contributed by atoms with van der Waals surface area (Å²) in [6, 6.07) is 7.64. The molecule has 0 aliphatic heterocycles. The van der Waals surface area contributed by atoms with Gasteiger partial charge in [-0.3, -0.25) is 8.98 Å². The van der Waals surface area contributed by atoms with Crippen LogP contribution < -0.4 is 0 Å². The fourth-order valence-electron chi connectivity index (χ4n) is 1.95. The molecule has 0 amide bonds. The van der Waals surface area contributed by atoms with Crippen LogP contribution >= 0.6 is 8.86 Å². The van der Waals surface area contributed by atoms with E-state index in [1.54, 1.807) is 18.2 Å². The minimum absolute atomic E-state index is 0.0284. The molecule has 0 aliphatic carbocycles. The molecule has 0 fully saturated rings. The van der Waals surface area contributed by atoms with E-state index in [9.17, 15) is 17.8 Å². The second kappa shape index (κ2) is 4.65. The summed E-state index contributed by atoms with van der Waals surface area (Å²) >= 11 is 0. The SMILES string of the molecule is C=C(C)C(=O)S(C)(C)(O)(OS(=O)(=O)OC)c1ccccc1. The highest BCUT2D eigenvalue weighted by Gasteiger charge is 2.56. The number of hydrogen-bond donors (Lipinski definition) is 1. The van der Waals surface area contributed by atoms with Gasteiger partial charge in [-0.25, -0.2) is 8.86 Å². The number of carbonyl (C=O) groups excluding carboxylic acids is 1. The molecule has 0 unspecified atom stereocenters. The van der Waals surface area contributed by atoms with Gasteiger partial charge in [-0.05, 0) is 19.1 Å². The van der Waals surface area contributed by atoms with Crippen molar-refractivity contribution < 1.29 is 25.6 Å². The van der Waals surface area contributed by atoms with Crippen LogP contribution in [0.15, 0.2) is 47.4 Å². The molecule has 0 saturated carbocycles. The second-order valence-electron chi connectivity index (χ2n) is 5.47. The van der Waals surface area contributed by atoms with Gasteiger partial charge in [0.1, 0.15) is 0 Å². The maximum absolute atomic E-state index is 12.7. The van der Waals surface area contributed by atoms with Gasteiger partial charge in [0.25, 0.3) is 0 Å². The van der Waals surface area contributed by atoms with Gasteiger partial charge in [0.2, 0.25) is 5.12 Å². The molecule has 1 N–H and O–H groups in total. The summed E-state index contributed by atoms with van der Waals surface area (Å²) in [7, 11) is -9.05. The highest BCUT2D eigenvalue weighted by Crippen LogP contribution is 2.88. The predicted molar refractivity (Wildman–Crippen MR) is 83.6 cm³/mol. The Labute approximate surface area is 124 Å². The third kappa shape index (κ3) is 3.04. The van der Waals surface area contributed by atoms with E-state index in [0.717, 1.165) is 19.6 Å². The smallest absolute Gasteiger partial charge is 0.316 e. The molecule has 0 spiro atoms. The average molecular weight is 336 g/mol. The van der Waals surface area contributed by atoms with Crippen molar-refractivity contribution in [2.45, 2.75) is 11.8 Å². The van der Waals surface area contributed by atoms with E-state index in [1.807, 2.05) is 0 Å². The van der Waals surface area contributed by atoms with Crippen molar-refractivity contribution in [1.29, 1.82) is 0 Å². The Morgan fingerprint density at radius 3 is 2.10 bits per heavy atom. The summed E-state index contributed by atoms with van der Waals surface area (Å²) in [6.07, 6.45) is 2.17. The lowest BCUT2D eigenvalue weighted by Crippen LogP contribution is -2.45. The van der Waals surface area contributed by atoms with Crippen LogP contribution in [-0.2, 0) is 23.0 Å². The monoisotopic (exact) mass is 336 g/mol. The van der Waals surface area contributed by atoms with Gasteiger partial charge >= 0.3 is 10.4 Å². The molecule has 6 nitrogen and oxygen atoms in total. The van der Waals surface area contributed by atoms with Crippen LogP contribution in [0.1, 0.15) is 6.92 Å². The van der Waals surface area contributed by atoms with Crippen LogP contribution in [0.25, 0.3) is 0 Å². The van der Waals surface area contributed by atoms with Gasteiger partial charge in [0.15, 0.2) is 0 Å². The zero-order valence-electron chi connectivity index (χ0n) is 12.4. The molecule has 0 aliphatic rings. The first-order valence-corrected chi connectivity index (χ1v) is 10.3. The molecule has 0 atom stereocenters. The van der Waals surface area contributed by atoms with E-state index < -0.39 is 24.4 Å². The van der Waals surface area contributed by atoms with Crippen molar-refractivity contribution >= 4 is 24.4 Å². The molecular weight excluding hydrogens is 316 g/mol. The third-order valence-corrected chi connectivity index (χ3v) is 9.42. The summed E-state index contributed by atoms with van der Waals surface area (Å²) in [4.78, 5) is 12.7. The van der Waals surface area contributed by atoms with E-state index in [-0.39, 0.29) is 10.5 Å². The summed E-state index contributed by atoms with van der Waals surface area (Å²) in [5.74, 6) is 0. The zero-order chi connectivity index (χ0) is 16.6. The van der Waals surface area contributed by atoms with Crippen LogP contribution in [-0.4, -0.2) is 37.7 Å². The molecule has 0 radical (unpaired) electrons. The van der Waals surface area contributed by atoms with Crippen molar-refractivity contribution in [2.24, 2.45) is 0 Å². The minimum Gasteiger partial charge on any atom is -0.316 e. The maximum atomic E-state index is 12.7. The molecule has 1 rings (SSSR count). The van der Waals surface area contributed by atoms with Gasteiger partial charge in [-0.2, -0.15) is 12.0 Å². The van der Waals surface area contributed by atoms with Crippen LogP contribution in [0.5, 0.6) is 0 Å². The molecule has 8 heteroatoms. The summed E-state index contributed by atoms with van der Waals surface area (Å²) in [5.41, 5.74) is -0.0284. The normalized spacial score (nSPS) is 15.9. The number of benzene rings is 1. The molecule has 120 valence electrons. The molecule has 21 heavy (non-hydrogen) atoms. The minimum atomic E-state index is -5.35. The van der Waals surface area contributed by atoms with Crippen molar-refractivity contribution in [3.8, 4) is 0 Å². The Balaban J connectivity index is 3.81. The molecule has 0 saturated heterocycles. The van der Waals surface area contributed by atoms with E-state index in [1.165, 1.54) is 19.1 Å². The van der Waals surface area contributed by atoms with Crippen molar-refractivity contribution in [3.05, 3.63) is 42.5 Å². The Hall–Kier alpha value is -1.19. The van der Waals surface area contributed by atoms with Crippen molar-refractivity contribution in [1.82, 2.24) is 0 Å². The zero-order valence-corrected chi connectivity index (χ0v) is 14.0. The van der Waals surface area contributed by atoms with Crippen LogP contribution in [0, 0.1) is 0 Å². The second-order valence-corrected chi connectivity index (χ2v) is 12.9. The van der Waals surface area contributed by atoms with E-state index >= 15 is 0 Å². The predicted octanol–water partition coefficient (Wildman–Crippen LogP) is 2.58. The van der Waals surface area contributed by atoms with E-state index in [2.05, 4.69) is 10.8 Å². The van der Waals surface area contributed by atoms with Gasteiger partial charge in [-0.15, -0.1) is 0 Å². The Bertz CT molecular complexity index is 694. The Morgan fingerprint density at radius 1 is 1.24 bits per heavy atom. The van der Waals surface area contributed by atoms with Gasteiger partial charge in [-0.1, -0.05) is 24.8 Å². The molecule has 1 aromatic carbocycles. The molecule has 0 heterocycles. The fraction of sp³-hybridized carbons (Fsp3) is 0.308. The highest BCUT2D eigenvalue weighted by molar-refractivity contribution is 8.68. The van der Waals surface area contributed by atoms with Gasteiger partial charge in [0.05, 0.1) is 7.11 Å². The van der Waals surface area contributed by atoms with Crippen molar-refractivity contribution in [2.75, 3.05) is 19.6 Å². The summed E-state index contributed by atoms with van der Waals surface area (Å²) in [5, 5.41) is -0.887. The van der Waals surface area contributed by atoms with Crippen LogP contribution in [0.4, 0.5) is 0 Å². The first-order chi connectivity index (χ1) is 9.28. The topological polar surface area (TPSA) is 89.9 Å². The summed E-state index contributed by atoms with van der Waals surface area (Å²) < 4.78 is 44.1. The van der Waals surface area contributed by atoms with Gasteiger partial charge < -0.3 is 4.55 Å². The standard InChI is InChI=1S/C13H20O6S2/c1-11(2)13(14)21(4,5,17,19-20(15,16)18-3)12-9-7-6-8-10-12/h6-10,17H,1H2,2-5H3. The third-order valence-electron chi connectivity index (χ3n) is 3.03. The molecular formula is C13H20O6S2. The Kier molecular flexibility index (Phi) is 3.96. The van der Waals surface area contributed by atoms with E-state index in [0.29, 0.717) is 0 Å². The van der Waals surface area contributed by atoms with Crippen LogP contribution in [0.2, 0.25) is 0 Å². The number of hydrogen-bond acceptors (Lipinski definition) is 6. The lowest BCUT2D eigenvalue weighted by atomic mass is 10.4. The van der Waals surface area contributed by atoms with E-state index in [4.69, 9.17) is 3.63 Å². The first-order valence-electron chi connectivity index (χ1n) is 5.87. The average Bonchev–Trinajstić information content (AvgIpc) is 2.37. The molecule has 0 bridgehead atoms. The van der Waals surface area contributed by atoms with Crippen LogP contribution in [0.3, 0.4) is 0 Å². The number of carbonyl (C=O) groups is 1. The Morgan fingerprint density at radius 2 is 1.71 bits per heavy atom. The quantitative estimate of drug-likeness (QED) is 0.831. The molecule has 1 aromatic rings. The maximum Gasteiger partial charge on any atom is 0.416 e. The fourth-order valence-corrected chi connectivity index (χ4v) is 7.49. The number of rotatable bonds is 5.